The average molecular weight is 450 g/mol. The van der Waals surface area contributed by atoms with Crippen molar-refractivity contribution >= 4 is 35.2 Å². The summed E-state index contributed by atoms with van der Waals surface area (Å²) in [5.74, 6) is -1.01. The quantitative estimate of drug-likeness (QED) is 0.594. The molecule has 1 aromatic rings. The van der Waals surface area contributed by atoms with Crippen LogP contribution in [0.3, 0.4) is 0 Å². The molecule has 1 aliphatic heterocycles. The number of nitrogens with one attached hydrogen (secondary N) is 3. The standard InChI is InChI=1S/C18H19ClF3N3O3S/c19-10-2-1-9(3-11(10)20)28-5-13(26)24-17-6-18(7-17,8-17)25-15(27)12-4-23-16(29-12)14(21)22/h1-3,12,14,16,23H,4-8H2,(H,24,26)(H,25,27). The maximum absolute atomic E-state index is 13.4. The largest absolute Gasteiger partial charge is 0.484 e. The molecule has 0 radical (unpaired) electrons. The summed E-state index contributed by atoms with van der Waals surface area (Å²) >= 11 is 6.54. The Morgan fingerprint density at radius 1 is 1.28 bits per heavy atom. The summed E-state index contributed by atoms with van der Waals surface area (Å²) in [7, 11) is 0. The van der Waals surface area contributed by atoms with Crippen LogP contribution >= 0.6 is 23.4 Å². The molecule has 4 fully saturated rings. The molecule has 2 unspecified atom stereocenters. The second-order valence-corrected chi connectivity index (χ2v) is 9.54. The van der Waals surface area contributed by atoms with Crippen LogP contribution in [0.5, 0.6) is 5.75 Å². The molecule has 6 nitrogen and oxygen atoms in total. The van der Waals surface area contributed by atoms with Crippen molar-refractivity contribution in [1.29, 1.82) is 0 Å². The van der Waals surface area contributed by atoms with Crippen LogP contribution in [0.4, 0.5) is 13.2 Å². The van der Waals surface area contributed by atoms with E-state index in [0.29, 0.717) is 19.3 Å². The first kappa shape index (κ1) is 20.6. The van der Waals surface area contributed by atoms with Gasteiger partial charge in [-0.05, 0) is 31.4 Å². The van der Waals surface area contributed by atoms with Crippen molar-refractivity contribution in [3.63, 3.8) is 0 Å². The number of benzene rings is 1. The molecule has 29 heavy (non-hydrogen) atoms. The van der Waals surface area contributed by atoms with E-state index in [0.717, 1.165) is 17.8 Å². The van der Waals surface area contributed by atoms with Gasteiger partial charge >= 0.3 is 0 Å². The van der Waals surface area contributed by atoms with Gasteiger partial charge in [-0.3, -0.25) is 14.9 Å². The highest BCUT2D eigenvalue weighted by atomic mass is 35.5. The van der Waals surface area contributed by atoms with Gasteiger partial charge in [-0.2, -0.15) is 0 Å². The summed E-state index contributed by atoms with van der Waals surface area (Å²) in [5, 5.41) is 6.90. The van der Waals surface area contributed by atoms with Crippen LogP contribution in [-0.4, -0.2) is 53.1 Å². The van der Waals surface area contributed by atoms with Crippen molar-refractivity contribution in [2.45, 2.75) is 47.4 Å². The maximum Gasteiger partial charge on any atom is 0.262 e. The number of hydrogen-bond donors (Lipinski definition) is 3. The van der Waals surface area contributed by atoms with Gasteiger partial charge in [0.15, 0.2) is 6.61 Å². The lowest BCUT2D eigenvalue weighted by Crippen LogP contribution is -2.84. The van der Waals surface area contributed by atoms with Crippen molar-refractivity contribution in [2.24, 2.45) is 0 Å². The molecule has 1 aromatic carbocycles. The van der Waals surface area contributed by atoms with Gasteiger partial charge in [-0.15, -0.1) is 11.8 Å². The normalized spacial score (nSPS) is 32.3. The molecule has 2 atom stereocenters. The molecule has 1 saturated heterocycles. The molecule has 158 valence electrons. The van der Waals surface area contributed by atoms with E-state index in [1.807, 2.05) is 0 Å². The summed E-state index contributed by atoms with van der Waals surface area (Å²) in [6, 6.07) is 3.92. The van der Waals surface area contributed by atoms with Gasteiger partial charge in [-0.1, -0.05) is 11.6 Å². The minimum atomic E-state index is -2.52. The Bertz CT molecular complexity index is 824. The summed E-state index contributed by atoms with van der Waals surface area (Å²) in [6.45, 7) is -0.0479. The lowest BCUT2D eigenvalue weighted by Gasteiger charge is -2.70. The molecule has 11 heteroatoms. The van der Waals surface area contributed by atoms with Crippen LogP contribution in [-0.2, 0) is 9.59 Å². The number of hydrogen-bond acceptors (Lipinski definition) is 5. The van der Waals surface area contributed by atoms with E-state index in [4.69, 9.17) is 16.3 Å². The third-order valence-electron chi connectivity index (χ3n) is 5.42. The summed E-state index contributed by atoms with van der Waals surface area (Å²) in [4.78, 5) is 24.4. The fourth-order valence-corrected chi connectivity index (χ4v) is 5.40. The van der Waals surface area contributed by atoms with Crippen LogP contribution in [0.15, 0.2) is 18.2 Å². The summed E-state index contributed by atoms with van der Waals surface area (Å²) in [5.41, 5.74) is -0.737. The predicted molar refractivity (Wildman–Crippen MR) is 102 cm³/mol. The highest BCUT2D eigenvalue weighted by molar-refractivity contribution is 8.01. The first-order chi connectivity index (χ1) is 13.7. The number of ether oxygens (including phenoxy) is 1. The molecular weight excluding hydrogens is 431 g/mol. The van der Waals surface area contributed by atoms with Gasteiger partial charge in [0.05, 0.1) is 10.3 Å². The zero-order valence-corrected chi connectivity index (χ0v) is 16.7. The van der Waals surface area contributed by atoms with E-state index in [9.17, 15) is 22.8 Å². The Kier molecular flexibility index (Phi) is 5.37. The number of thioether (sulfide) groups is 1. The van der Waals surface area contributed by atoms with Gasteiger partial charge in [0.2, 0.25) is 5.91 Å². The van der Waals surface area contributed by atoms with Crippen molar-refractivity contribution < 1.29 is 27.5 Å². The van der Waals surface area contributed by atoms with Crippen molar-refractivity contribution in [2.75, 3.05) is 13.2 Å². The Hall–Kier alpha value is -1.65. The number of amides is 2. The Labute approximate surface area is 174 Å². The highest BCUT2D eigenvalue weighted by Crippen LogP contribution is 2.60. The fourth-order valence-electron chi connectivity index (χ4n) is 4.24. The van der Waals surface area contributed by atoms with Crippen LogP contribution < -0.4 is 20.7 Å². The molecule has 3 aliphatic carbocycles. The average Bonchev–Trinajstić information content (AvgIpc) is 3.10. The number of carbonyl (C=O) groups is 2. The maximum atomic E-state index is 13.4. The first-order valence-corrected chi connectivity index (χ1v) is 10.4. The van der Waals surface area contributed by atoms with Gasteiger partial charge < -0.3 is 15.4 Å². The van der Waals surface area contributed by atoms with E-state index < -0.39 is 22.9 Å². The topological polar surface area (TPSA) is 79.5 Å². The van der Waals surface area contributed by atoms with Crippen LogP contribution in [0.25, 0.3) is 0 Å². The molecule has 2 bridgehead atoms. The molecular formula is C18H19ClF3N3O3S. The number of alkyl halides is 2. The molecule has 0 spiro atoms. The SMILES string of the molecule is O=C(COc1ccc(Cl)c(F)c1)NC12CC(NC(=O)C3CNC(C(F)F)S3)(C1)C2. The number of rotatable bonds is 7. The zero-order chi connectivity index (χ0) is 20.8. The van der Waals surface area contributed by atoms with Gasteiger partial charge in [-0.25, -0.2) is 13.2 Å². The molecule has 4 aliphatic rings. The molecule has 3 N–H and O–H groups in total. The van der Waals surface area contributed by atoms with Gasteiger partial charge in [0, 0.05) is 23.7 Å². The Morgan fingerprint density at radius 3 is 2.59 bits per heavy atom. The molecule has 1 heterocycles. The van der Waals surface area contributed by atoms with E-state index in [2.05, 4.69) is 16.0 Å². The Balaban J connectivity index is 1.19. The lowest BCUT2D eigenvalue weighted by molar-refractivity contribution is -0.150. The van der Waals surface area contributed by atoms with E-state index in [-0.39, 0.29) is 46.8 Å². The number of halogens is 4. The van der Waals surface area contributed by atoms with Crippen LogP contribution in [0.2, 0.25) is 5.02 Å². The monoisotopic (exact) mass is 449 g/mol. The molecule has 5 rings (SSSR count). The fraction of sp³-hybridized carbons (Fsp3) is 0.556. The minimum Gasteiger partial charge on any atom is -0.484 e. The van der Waals surface area contributed by atoms with Crippen LogP contribution in [0, 0.1) is 5.82 Å². The minimum absolute atomic E-state index is 0.0282. The molecule has 2 amide bonds. The van der Waals surface area contributed by atoms with Gasteiger partial charge in [0.25, 0.3) is 12.3 Å². The molecule has 3 saturated carbocycles. The Morgan fingerprint density at radius 2 is 1.97 bits per heavy atom. The molecule has 0 aromatic heterocycles. The smallest absolute Gasteiger partial charge is 0.262 e. The summed E-state index contributed by atoms with van der Waals surface area (Å²) in [6.07, 6.45) is -0.736. The van der Waals surface area contributed by atoms with E-state index in [1.165, 1.54) is 12.1 Å². The van der Waals surface area contributed by atoms with E-state index in [1.54, 1.807) is 0 Å². The van der Waals surface area contributed by atoms with Crippen molar-refractivity contribution in [1.82, 2.24) is 16.0 Å². The third-order valence-corrected chi connectivity index (χ3v) is 7.10. The predicted octanol–water partition coefficient (Wildman–Crippen LogP) is 2.06. The van der Waals surface area contributed by atoms with Gasteiger partial charge in [0.1, 0.15) is 16.9 Å². The second-order valence-electron chi connectivity index (χ2n) is 7.78. The number of carbonyl (C=O) groups excluding carboxylic acids is 2. The summed E-state index contributed by atoms with van der Waals surface area (Å²) < 4.78 is 44.0. The van der Waals surface area contributed by atoms with Crippen LogP contribution in [0.1, 0.15) is 19.3 Å². The van der Waals surface area contributed by atoms with Crippen molar-refractivity contribution in [3.05, 3.63) is 29.0 Å². The lowest BCUT2D eigenvalue weighted by atomic mass is 9.44. The third kappa shape index (κ3) is 4.15. The highest BCUT2D eigenvalue weighted by Gasteiger charge is 2.69. The first-order valence-electron chi connectivity index (χ1n) is 9.07. The van der Waals surface area contributed by atoms with Crippen molar-refractivity contribution in [3.8, 4) is 5.75 Å². The zero-order valence-electron chi connectivity index (χ0n) is 15.1. The van der Waals surface area contributed by atoms with E-state index >= 15 is 0 Å². The second kappa shape index (κ2) is 7.55.